The molecule has 0 spiro atoms. The highest BCUT2D eigenvalue weighted by Crippen LogP contribution is 2.19. The van der Waals surface area contributed by atoms with Crippen molar-refractivity contribution in [1.29, 1.82) is 0 Å². The van der Waals surface area contributed by atoms with Crippen LogP contribution >= 0.6 is 0 Å². The molecule has 1 aromatic carbocycles. The highest BCUT2D eigenvalue weighted by atomic mass is 19.1. The van der Waals surface area contributed by atoms with Crippen LogP contribution in [-0.4, -0.2) is 22.9 Å². The van der Waals surface area contributed by atoms with Crippen molar-refractivity contribution in [3.8, 4) is 0 Å². The Hall–Kier alpha value is -2.50. The molecule has 0 aliphatic heterocycles. The van der Waals surface area contributed by atoms with Crippen LogP contribution in [0.1, 0.15) is 16.1 Å². The van der Waals surface area contributed by atoms with E-state index in [9.17, 15) is 9.18 Å². The molecule has 0 bridgehead atoms. The van der Waals surface area contributed by atoms with Crippen LogP contribution in [0, 0.1) is 12.7 Å². The number of hydrogen-bond acceptors (Lipinski definition) is 4. The number of para-hydroxylation sites is 1. The van der Waals surface area contributed by atoms with Gasteiger partial charge in [-0.25, -0.2) is 9.37 Å². The van der Waals surface area contributed by atoms with E-state index in [-0.39, 0.29) is 11.4 Å². The Morgan fingerprint density at radius 2 is 2.11 bits per heavy atom. The molecule has 0 aliphatic rings. The van der Waals surface area contributed by atoms with Crippen LogP contribution in [0.5, 0.6) is 0 Å². The zero-order chi connectivity index (χ0) is 13.8. The van der Waals surface area contributed by atoms with Crippen LogP contribution in [0.2, 0.25) is 0 Å². The van der Waals surface area contributed by atoms with Gasteiger partial charge in [0.05, 0.1) is 18.1 Å². The fourth-order valence-corrected chi connectivity index (χ4v) is 1.56. The summed E-state index contributed by atoms with van der Waals surface area (Å²) in [7, 11) is 1.67. The summed E-state index contributed by atoms with van der Waals surface area (Å²) in [5, 5.41) is 5.28. The average molecular weight is 260 g/mol. The Labute approximate surface area is 109 Å². The Morgan fingerprint density at radius 3 is 2.79 bits per heavy atom. The van der Waals surface area contributed by atoms with Crippen molar-refractivity contribution in [2.45, 2.75) is 6.92 Å². The van der Waals surface area contributed by atoms with Gasteiger partial charge in [0.15, 0.2) is 0 Å². The summed E-state index contributed by atoms with van der Waals surface area (Å²) < 4.78 is 13.6. The molecule has 2 rings (SSSR count). The Bertz CT molecular complexity index is 595. The lowest BCUT2D eigenvalue weighted by Crippen LogP contribution is -2.16. The number of anilines is 2. The van der Waals surface area contributed by atoms with E-state index < -0.39 is 11.7 Å². The smallest absolute Gasteiger partial charge is 0.276 e. The number of rotatable bonds is 3. The molecule has 6 heteroatoms. The SMILES string of the molecule is CNc1cncc(C(=O)Nc2c(C)cccc2F)n1. The van der Waals surface area contributed by atoms with Gasteiger partial charge in [-0.15, -0.1) is 0 Å². The number of aromatic nitrogens is 2. The maximum Gasteiger partial charge on any atom is 0.276 e. The van der Waals surface area contributed by atoms with E-state index in [0.29, 0.717) is 11.4 Å². The van der Waals surface area contributed by atoms with Gasteiger partial charge in [-0.1, -0.05) is 12.1 Å². The van der Waals surface area contributed by atoms with Gasteiger partial charge in [0, 0.05) is 7.05 Å². The van der Waals surface area contributed by atoms with E-state index in [0.717, 1.165) is 0 Å². The molecule has 0 saturated heterocycles. The highest BCUT2D eigenvalue weighted by Gasteiger charge is 2.13. The third-order valence-corrected chi connectivity index (χ3v) is 2.58. The lowest BCUT2D eigenvalue weighted by atomic mass is 10.2. The van der Waals surface area contributed by atoms with Crippen LogP contribution in [0.3, 0.4) is 0 Å². The molecule has 1 amide bonds. The van der Waals surface area contributed by atoms with Crippen molar-refractivity contribution in [3.63, 3.8) is 0 Å². The van der Waals surface area contributed by atoms with Crippen molar-refractivity contribution >= 4 is 17.4 Å². The summed E-state index contributed by atoms with van der Waals surface area (Å²) in [5.74, 6) is -0.512. The van der Waals surface area contributed by atoms with E-state index in [1.54, 1.807) is 26.1 Å². The molecule has 0 unspecified atom stereocenters. The average Bonchev–Trinajstić information content (AvgIpc) is 2.43. The Morgan fingerprint density at radius 1 is 1.32 bits per heavy atom. The van der Waals surface area contributed by atoms with E-state index in [2.05, 4.69) is 20.6 Å². The zero-order valence-electron chi connectivity index (χ0n) is 10.6. The largest absolute Gasteiger partial charge is 0.372 e. The van der Waals surface area contributed by atoms with Crippen molar-refractivity contribution in [3.05, 3.63) is 47.7 Å². The van der Waals surface area contributed by atoms with Crippen LogP contribution in [0.25, 0.3) is 0 Å². The van der Waals surface area contributed by atoms with E-state index in [1.807, 2.05) is 0 Å². The maximum absolute atomic E-state index is 13.6. The van der Waals surface area contributed by atoms with Crippen molar-refractivity contribution in [2.24, 2.45) is 0 Å². The minimum absolute atomic E-state index is 0.120. The second-order valence-corrected chi connectivity index (χ2v) is 3.93. The molecule has 5 nitrogen and oxygen atoms in total. The zero-order valence-corrected chi connectivity index (χ0v) is 10.6. The molecule has 1 aromatic heterocycles. The van der Waals surface area contributed by atoms with Crippen molar-refractivity contribution in [1.82, 2.24) is 9.97 Å². The normalized spacial score (nSPS) is 10.1. The topological polar surface area (TPSA) is 66.9 Å². The van der Waals surface area contributed by atoms with Gasteiger partial charge in [0.25, 0.3) is 5.91 Å². The second-order valence-electron chi connectivity index (χ2n) is 3.93. The summed E-state index contributed by atoms with van der Waals surface area (Å²) in [4.78, 5) is 19.9. The van der Waals surface area contributed by atoms with Crippen LogP contribution in [-0.2, 0) is 0 Å². The second kappa shape index (κ2) is 5.43. The van der Waals surface area contributed by atoms with Gasteiger partial charge in [-0.05, 0) is 18.6 Å². The van der Waals surface area contributed by atoms with Gasteiger partial charge < -0.3 is 10.6 Å². The number of nitrogens with zero attached hydrogens (tertiary/aromatic N) is 2. The summed E-state index contributed by atoms with van der Waals surface area (Å²) in [6, 6.07) is 4.59. The predicted molar refractivity (Wildman–Crippen MR) is 70.7 cm³/mol. The first-order valence-electron chi connectivity index (χ1n) is 5.68. The fourth-order valence-electron chi connectivity index (χ4n) is 1.56. The Balaban J connectivity index is 2.25. The first kappa shape index (κ1) is 12.9. The first-order valence-corrected chi connectivity index (χ1v) is 5.68. The quantitative estimate of drug-likeness (QED) is 0.888. The molecule has 19 heavy (non-hydrogen) atoms. The lowest BCUT2D eigenvalue weighted by Gasteiger charge is -2.09. The van der Waals surface area contributed by atoms with Crippen molar-refractivity contribution in [2.75, 3.05) is 17.7 Å². The molecule has 0 saturated carbocycles. The molecule has 0 aliphatic carbocycles. The number of hydrogen-bond donors (Lipinski definition) is 2. The summed E-state index contributed by atoms with van der Waals surface area (Å²) in [6.45, 7) is 1.72. The molecular weight excluding hydrogens is 247 g/mol. The number of carbonyl (C=O) groups excluding carboxylic acids is 1. The molecule has 0 atom stereocenters. The number of aryl methyl sites for hydroxylation is 1. The predicted octanol–water partition coefficient (Wildman–Crippen LogP) is 2.22. The van der Waals surface area contributed by atoms with Gasteiger partial charge in [-0.3, -0.25) is 9.78 Å². The van der Waals surface area contributed by atoms with Crippen molar-refractivity contribution < 1.29 is 9.18 Å². The fraction of sp³-hybridized carbons (Fsp3) is 0.154. The number of carbonyl (C=O) groups is 1. The van der Waals surface area contributed by atoms with E-state index in [4.69, 9.17) is 0 Å². The molecule has 1 heterocycles. The summed E-state index contributed by atoms with van der Waals surface area (Å²) >= 11 is 0. The molecular formula is C13H13FN4O. The third-order valence-electron chi connectivity index (χ3n) is 2.58. The lowest BCUT2D eigenvalue weighted by molar-refractivity contribution is 0.102. The molecule has 0 radical (unpaired) electrons. The monoisotopic (exact) mass is 260 g/mol. The van der Waals surface area contributed by atoms with Crippen LogP contribution in [0.15, 0.2) is 30.6 Å². The van der Waals surface area contributed by atoms with Gasteiger partial charge in [0.2, 0.25) is 0 Å². The Kier molecular flexibility index (Phi) is 3.70. The molecule has 2 aromatic rings. The van der Waals surface area contributed by atoms with Gasteiger partial charge >= 0.3 is 0 Å². The molecule has 0 fully saturated rings. The molecule has 2 N–H and O–H groups in total. The standard InChI is InChI=1S/C13H13FN4O/c1-8-4-3-5-9(14)12(8)18-13(19)10-6-16-7-11(15-2)17-10/h3-7H,1-2H3,(H,15,17)(H,18,19). The number of halogens is 1. The third kappa shape index (κ3) is 2.85. The highest BCUT2D eigenvalue weighted by molar-refractivity contribution is 6.03. The maximum atomic E-state index is 13.6. The summed E-state index contributed by atoms with van der Waals surface area (Å²) in [6.07, 6.45) is 2.82. The summed E-state index contributed by atoms with van der Waals surface area (Å²) in [5.41, 5.74) is 0.921. The minimum atomic E-state index is -0.502. The van der Waals surface area contributed by atoms with Gasteiger partial charge in [-0.2, -0.15) is 0 Å². The number of amides is 1. The number of benzene rings is 1. The van der Waals surface area contributed by atoms with E-state index in [1.165, 1.54) is 18.5 Å². The molecule has 98 valence electrons. The van der Waals surface area contributed by atoms with Crippen LogP contribution < -0.4 is 10.6 Å². The number of nitrogens with one attached hydrogen (secondary N) is 2. The minimum Gasteiger partial charge on any atom is -0.372 e. The van der Waals surface area contributed by atoms with Crippen LogP contribution in [0.4, 0.5) is 15.9 Å². The van der Waals surface area contributed by atoms with Gasteiger partial charge in [0.1, 0.15) is 17.3 Å². The first-order chi connectivity index (χ1) is 9.11. The van der Waals surface area contributed by atoms with E-state index >= 15 is 0 Å².